The van der Waals surface area contributed by atoms with Crippen LogP contribution in [-0.2, 0) is 4.74 Å². The van der Waals surface area contributed by atoms with E-state index in [1.165, 1.54) is 6.20 Å². The first-order valence-corrected chi connectivity index (χ1v) is 7.91. The smallest absolute Gasteiger partial charge is 0.252 e. The minimum Gasteiger partial charge on any atom is -0.395 e. The van der Waals surface area contributed by atoms with Crippen LogP contribution in [0.15, 0.2) is 36.8 Å². The quantitative estimate of drug-likeness (QED) is 0.840. The van der Waals surface area contributed by atoms with Crippen LogP contribution in [0.25, 0.3) is 11.1 Å². The van der Waals surface area contributed by atoms with E-state index < -0.39 is 0 Å². The topological polar surface area (TPSA) is 87.6 Å². The number of nitrogens with one attached hydrogen (secondary N) is 1. The highest BCUT2D eigenvalue weighted by Gasteiger charge is 2.13. The van der Waals surface area contributed by atoms with Crippen LogP contribution in [0.2, 0.25) is 0 Å². The monoisotopic (exact) mass is 328 g/mol. The number of hydrogen-bond donors (Lipinski definition) is 2. The normalized spacial score (nSPS) is 14.5. The van der Waals surface area contributed by atoms with E-state index in [9.17, 15) is 4.79 Å². The lowest BCUT2D eigenvalue weighted by atomic mass is 10.1. The van der Waals surface area contributed by atoms with Crippen LogP contribution >= 0.6 is 0 Å². The molecule has 0 atom stereocenters. The molecular formula is C17H20N4O3. The summed E-state index contributed by atoms with van der Waals surface area (Å²) in [6.07, 6.45) is 5.00. The lowest BCUT2D eigenvalue weighted by Crippen LogP contribution is -2.36. The summed E-state index contributed by atoms with van der Waals surface area (Å²) in [7, 11) is 0. The van der Waals surface area contributed by atoms with Gasteiger partial charge in [0.1, 0.15) is 5.82 Å². The van der Waals surface area contributed by atoms with E-state index in [4.69, 9.17) is 9.84 Å². The zero-order valence-electron chi connectivity index (χ0n) is 13.3. The molecule has 2 aromatic rings. The maximum absolute atomic E-state index is 12.0. The van der Waals surface area contributed by atoms with Crippen molar-refractivity contribution in [1.29, 1.82) is 0 Å². The van der Waals surface area contributed by atoms with Gasteiger partial charge in [0.15, 0.2) is 0 Å². The van der Waals surface area contributed by atoms with E-state index >= 15 is 0 Å². The van der Waals surface area contributed by atoms with Gasteiger partial charge in [-0.3, -0.25) is 9.78 Å². The number of ether oxygens (including phenoxy) is 1. The maximum Gasteiger partial charge on any atom is 0.252 e. The zero-order valence-corrected chi connectivity index (χ0v) is 13.3. The van der Waals surface area contributed by atoms with E-state index in [0.717, 1.165) is 43.2 Å². The Labute approximate surface area is 140 Å². The molecule has 3 rings (SSSR count). The van der Waals surface area contributed by atoms with Crippen molar-refractivity contribution in [2.24, 2.45) is 0 Å². The predicted octanol–water partition coefficient (Wildman–Crippen LogP) is 0.702. The first-order chi connectivity index (χ1) is 11.8. The standard InChI is InChI=1S/C17H20N4O3/c22-6-3-19-17(23)15-9-14(10-18-11-15)13-1-2-16(20-12-13)21-4-7-24-8-5-21/h1-2,9-12,22H,3-8H2,(H,19,23). The lowest BCUT2D eigenvalue weighted by Gasteiger charge is -2.27. The summed E-state index contributed by atoms with van der Waals surface area (Å²) in [6, 6.07) is 5.72. The average Bonchev–Trinajstić information content (AvgIpc) is 2.67. The number of nitrogens with zero attached hydrogens (tertiary/aromatic N) is 3. The van der Waals surface area contributed by atoms with Gasteiger partial charge in [-0.1, -0.05) is 0 Å². The van der Waals surface area contributed by atoms with E-state index in [2.05, 4.69) is 20.2 Å². The summed E-state index contributed by atoms with van der Waals surface area (Å²) in [5, 5.41) is 11.4. The first-order valence-electron chi connectivity index (χ1n) is 7.91. The third kappa shape index (κ3) is 3.87. The minimum absolute atomic E-state index is 0.0915. The van der Waals surface area contributed by atoms with Crippen molar-refractivity contribution < 1.29 is 14.6 Å². The van der Waals surface area contributed by atoms with Crippen molar-refractivity contribution in [2.75, 3.05) is 44.4 Å². The molecule has 1 aliphatic heterocycles. The number of morpholine rings is 1. The van der Waals surface area contributed by atoms with Gasteiger partial charge in [-0.2, -0.15) is 0 Å². The average molecular weight is 328 g/mol. The molecular weight excluding hydrogens is 308 g/mol. The van der Waals surface area contributed by atoms with E-state index in [1.807, 2.05) is 12.1 Å². The fraction of sp³-hybridized carbons (Fsp3) is 0.353. The van der Waals surface area contributed by atoms with Crippen LogP contribution in [0.1, 0.15) is 10.4 Å². The molecule has 2 N–H and O–H groups in total. The zero-order chi connectivity index (χ0) is 16.8. The molecule has 1 amide bonds. The Hall–Kier alpha value is -2.51. The number of carbonyl (C=O) groups excluding carboxylic acids is 1. The SMILES string of the molecule is O=C(NCCO)c1cncc(-c2ccc(N3CCOCC3)nc2)c1. The van der Waals surface area contributed by atoms with Gasteiger partial charge in [-0.25, -0.2) is 4.98 Å². The van der Waals surface area contributed by atoms with Crippen molar-refractivity contribution in [3.8, 4) is 11.1 Å². The second-order valence-electron chi connectivity index (χ2n) is 5.45. The highest BCUT2D eigenvalue weighted by molar-refractivity contribution is 5.95. The summed E-state index contributed by atoms with van der Waals surface area (Å²) in [5.74, 6) is 0.670. The van der Waals surface area contributed by atoms with Gasteiger partial charge >= 0.3 is 0 Å². The molecule has 3 heterocycles. The fourth-order valence-electron chi connectivity index (χ4n) is 2.53. The van der Waals surface area contributed by atoms with Crippen molar-refractivity contribution in [3.05, 3.63) is 42.4 Å². The van der Waals surface area contributed by atoms with Gasteiger partial charge in [0.05, 0.1) is 25.4 Å². The number of amides is 1. The highest BCUT2D eigenvalue weighted by Crippen LogP contribution is 2.21. The van der Waals surface area contributed by atoms with E-state index in [0.29, 0.717) is 5.56 Å². The molecule has 24 heavy (non-hydrogen) atoms. The molecule has 0 aliphatic carbocycles. The lowest BCUT2D eigenvalue weighted by molar-refractivity contribution is 0.0944. The highest BCUT2D eigenvalue weighted by atomic mass is 16.5. The molecule has 126 valence electrons. The van der Waals surface area contributed by atoms with Crippen LogP contribution in [0, 0.1) is 0 Å². The molecule has 0 saturated carbocycles. The van der Waals surface area contributed by atoms with Crippen LogP contribution in [0.3, 0.4) is 0 Å². The number of rotatable bonds is 5. The van der Waals surface area contributed by atoms with Gasteiger partial charge in [-0.15, -0.1) is 0 Å². The Morgan fingerprint density at radius 1 is 1.21 bits per heavy atom. The summed E-state index contributed by atoms with van der Waals surface area (Å²) < 4.78 is 5.35. The molecule has 0 spiro atoms. The van der Waals surface area contributed by atoms with Crippen molar-refractivity contribution >= 4 is 11.7 Å². The molecule has 0 bridgehead atoms. The largest absolute Gasteiger partial charge is 0.395 e. The van der Waals surface area contributed by atoms with Gasteiger partial charge < -0.3 is 20.1 Å². The third-order valence-corrected chi connectivity index (χ3v) is 3.81. The van der Waals surface area contributed by atoms with E-state index in [1.54, 1.807) is 18.5 Å². The minimum atomic E-state index is -0.253. The number of hydrogen-bond acceptors (Lipinski definition) is 6. The number of aromatic nitrogens is 2. The fourth-order valence-corrected chi connectivity index (χ4v) is 2.53. The number of aliphatic hydroxyl groups excluding tert-OH is 1. The Morgan fingerprint density at radius 2 is 2.04 bits per heavy atom. The van der Waals surface area contributed by atoms with Crippen molar-refractivity contribution in [1.82, 2.24) is 15.3 Å². The van der Waals surface area contributed by atoms with Crippen molar-refractivity contribution in [2.45, 2.75) is 0 Å². The Balaban J connectivity index is 1.75. The van der Waals surface area contributed by atoms with Gasteiger partial charge in [0.2, 0.25) is 0 Å². The molecule has 1 saturated heterocycles. The van der Waals surface area contributed by atoms with Gasteiger partial charge in [0, 0.05) is 49.4 Å². The summed E-state index contributed by atoms with van der Waals surface area (Å²) >= 11 is 0. The number of carbonyl (C=O) groups is 1. The molecule has 2 aromatic heterocycles. The van der Waals surface area contributed by atoms with E-state index in [-0.39, 0.29) is 19.1 Å². The van der Waals surface area contributed by atoms with Crippen LogP contribution in [-0.4, -0.2) is 60.4 Å². The van der Waals surface area contributed by atoms with Gasteiger partial charge in [-0.05, 0) is 18.2 Å². The summed E-state index contributed by atoms with van der Waals surface area (Å²) in [4.78, 5) is 22.8. The van der Waals surface area contributed by atoms with Crippen molar-refractivity contribution in [3.63, 3.8) is 0 Å². The number of pyridine rings is 2. The predicted molar refractivity (Wildman–Crippen MR) is 89.9 cm³/mol. The molecule has 0 aromatic carbocycles. The molecule has 0 unspecified atom stereocenters. The summed E-state index contributed by atoms with van der Waals surface area (Å²) in [5.41, 5.74) is 2.18. The molecule has 7 heteroatoms. The third-order valence-electron chi connectivity index (χ3n) is 3.81. The Kier molecular flexibility index (Phi) is 5.35. The second-order valence-corrected chi connectivity index (χ2v) is 5.45. The Bertz CT molecular complexity index is 684. The van der Waals surface area contributed by atoms with Gasteiger partial charge in [0.25, 0.3) is 5.91 Å². The molecule has 0 radical (unpaired) electrons. The maximum atomic E-state index is 12.0. The van der Waals surface area contributed by atoms with Crippen LogP contribution < -0.4 is 10.2 Å². The number of aliphatic hydroxyl groups is 1. The first kappa shape index (κ1) is 16.4. The second kappa shape index (κ2) is 7.85. The number of anilines is 1. The summed E-state index contributed by atoms with van der Waals surface area (Å²) in [6.45, 7) is 3.25. The van der Waals surface area contributed by atoms with Crippen LogP contribution in [0.5, 0.6) is 0 Å². The molecule has 1 fully saturated rings. The molecule has 7 nitrogen and oxygen atoms in total. The molecule has 1 aliphatic rings. The Morgan fingerprint density at radius 3 is 2.75 bits per heavy atom. The van der Waals surface area contributed by atoms with Crippen LogP contribution in [0.4, 0.5) is 5.82 Å².